The van der Waals surface area contributed by atoms with Gasteiger partial charge in [0, 0.05) is 18.7 Å². The topological polar surface area (TPSA) is 126 Å². The highest BCUT2D eigenvalue weighted by Crippen LogP contribution is 2.45. The minimum absolute atomic E-state index is 0.185. The maximum absolute atomic E-state index is 13.0. The van der Waals surface area contributed by atoms with Crippen LogP contribution in [0.5, 0.6) is 0 Å². The second kappa shape index (κ2) is 12.0. The zero-order valence-electron chi connectivity index (χ0n) is 23.9. The van der Waals surface area contributed by atoms with Gasteiger partial charge < -0.3 is 18.6 Å². The van der Waals surface area contributed by atoms with Crippen molar-refractivity contribution in [3.8, 4) is 0 Å². The average Bonchev–Trinajstić information content (AvgIpc) is 3.27. The number of H-pyrrole nitrogens is 1. The molecule has 0 radical (unpaired) electrons. The van der Waals surface area contributed by atoms with E-state index in [9.17, 15) is 19.2 Å². The number of benzene rings is 2. The van der Waals surface area contributed by atoms with Crippen molar-refractivity contribution in [2.24, 2.45) is 0 Å². The first-order valence-corrected chi connectivity index (χ1v) is 16.3. The number of hydrogen-bond donors (Lipinski definition) is 1. The molecule has 2 atom stereocenters. The quantitative estimate of drug-likeness (QED) is 0.293. The van der Waals surface area contributed by atoms with Gasteiger partial charge in [-0.3, -0.25) is 14.3 Å². The Balaban J connectivity index is 1.72. The minimum Gasteiger partial charge on any atom is -0.459 e. The third-order valence-electron chi connectivity index (χ3n) is 7.69. The molecule has 2 aromatic carbocycles. The largest absolute Gasteiger partial charge is 0.459 e. The predicted molar refractivity (Wildman–Crippen MR) is 154 cm³/mol. The number of carbonyl (C=O) groups is 2. The summed E-state index contributed by atoms with van der Waals surface area (Å²) >= 11 is 0. The molecule has 1 N–H and O–H groups in total. The fourth-order valence-electron chi connectivity index (χ4n) is 4.29. The summed E-state index contributed by atoms with van der Waals surface area (Å²) in [6, 6.07) is 18.2. The Labute approximate surface area is 239 Å². The van der Waals surface area contributed by atoms with Crippen LogP contribution >= 0.6 is 0 Å². The van der Waals surface area contributed by atoms with Crippen LogP contribution in [0.4, 0.5) is 0 Å². The van der Waals surface area contributed by atoms with E-state index in [-0.39, 0.29) is 24.7 Å². The van der Waals surface area contributed by atoms with Crippen LogP contribution in [0.3, 0.4) is 0 Å². The van der Waals surface area contributed by atoms with Crippen molar-refractivity contribution in [1.82, 2.24) is 9.55 Å². The molecule has 0 amide bonds. The van der Waals surface area contributed by atoms with Crippen LogP contribution in [0.1, 0.15) is 54.1 Å². The first-order chi connectivity index (χ1) is 19.3. The second-order valence-electron chi connectivity index (χ2n) is 11.6. The SMILES string of the molecule is CC(C)(C)[Si](C)(C)OC1C[C@H](n2ccc(=O)[nH]c2=O)OC1(COC(=O)c1ccccc1)COC(=O)c1ccccc1. The van der Waals surface area contributed by atoms with Crippen molar-refractivity contribution >= 4 is 20.3 Å². The van der Waals surface area contributed by atoms with E-state index < -0.39 is 49.4 Å². The number of nitrogens with one attached hydrogen (secondary N) is 1. The Kier molecular flexibility index (Phi) is 8.81. The molecule has 1 aliphatic heterocycles. The van der Waals surface area contributed by atoms with Gasteiger partial charge in [-0.05, 0) is 42.4 Å². The molecule has 1 unspecified atom stereocenters. The number of ether oxygens (including phenoxy) is 3. The molecule has 11 heteroatoms. The maximum Gasteiger partial charge on any atom is 0.338 e. The Morgan fingerprint density at radius 1 is 0.927 bits per heavy atom. The Morgan fingerprint density at radius 2 is 1.44 bits per heavy atom. The second-order valence-corrected chi connectivity index (χ2v) is 16.4. The minimum atomic E-state index is -2.46. The van der Waals surface area contributed by atoms with E-state index in [1.807, 2.05) is 0 Å². The van der Waals surface area contributed by atoms with Crippen LogP contribution in [-0.4, -0.2) is 54.7 Å². The van der Waals surface area contributed by atoms with E-state index in [1.54, 1.807) is 60.7 Å². The molecule has 0 aliphatic carbocycles. The summed E-state index contributed by atoms with van der Waals surface area (Å²) in [6.45, 7) is 9.79. The average molecular weight is 581 g/mol. The number of aromatic amines is 1. The maximum atomic E-state index is 13.0. The lowest BCUT2D eigenvalue weighted by Gasteiger charge is -2.42. The van der Waals surface area contributed by atoms with Crippen molar-refractivity contribution < 1.29 is 28.2 Å². The summed E-state index contributed by atoms with van der Waals surface area (Å²) in [5.74, 6) is -1.17. The van der Waals surface area contributed by atoms with Crippen LogP contribution in [0.2, 0.25) is 18.1 Å². The summed E-state index contributed by atoms with van der Waals surface area (Å²) in [5, 5.41) is -0.187. The van der Waals surface area contributed by atoms with Gasteiger partial charge >= 0.3 is 17.6 Å². The fourth-order valence-corrected chi connectivity index (χ4v) is 5.67. The standard InChI is InChI=1S/C30H36N2O8Si/c1-29(2,3)41(4,5)40-23-18-25(32-17-16-24(33)31-28(32)36)39-30(23,19-37-26(34)21-12-8-6-9-13-21)20-38-27(35)22-14-10-7-11-15-22/h6-17,23,25H,18-20H2,1-5H3,(H,31,33,36)/t23?,25-/m1/s1. The highest BCUT2D eigenvalue weighted by molar-refractivity contribution is 6.74. The van der Waals surface area contributed by atoms with Gasteiger partial charge in [-0.25, -0.2) is 14.4 Å². The van der Waals surface area contributed by atoms with Gasteiger partial charge in [0.15, 0.2) is 13.9 Å². The number of rotatable bonds is 9. The van der Waals surface area contributed by atoms with E-state index >= 15 is 0 Å². The number of aromatic nitrogens is 2. The highest BCUT2D eigenvalue weighted by Gasteiger charge is 2.55. The molecular weight excluding hydrogens is 544 g/mol. The van der Waals surface area contributed by atoms with Crippen molar-refractivity contribution in [2.45, 2.75) is 63.3 Å². The third kappa shape index (κ3) is 6.92. The normalized spacial score (nSPS) is 18.6. The molecular formula is C30H36N2O8Si. The van der Waals surface area contributed by atoms with Gasteiger partial charge in [0.2, 0.25) is 0 Å². The zero-order valence-corrected chi connectivity index (χ0v) is 24.9. The monoisotopic (exact) mass is 580 g/mol. The lowest BCUT2D eigenvalue weighted by molar-refractivity contribution is -0.150. The van der Waals surface area contributed by atoms with E-state index in [4.69, 9.17) is 18.6 Å². The van der Waals surface area contributed by atoms with Crippen LogP contribution in [0.15, 0.2) is 82.5 Å². The predicted octanol–water partition coefficient (Wildman–Crippen LogP) is 4.30. The molecule has 0 spiro atoms. The van der Waals surface area contributed by atoms with Gasteiger partial charge in [0.25, 0.3) is 5.56 Å². The number of nitrogens with zero attached hydrogens (tertiary/aromatic N) is 1. The van der Waals surface area contributed by atoms with E-state index in [0.717, 1.165) is 0 Å². The molecule has 0 saturated carbocycles. The molecule has 1 aromatic heterocycles. The fraction of sp³-hybridized carbons (Fsp3) is 0.400. The molecule has 4 rings (SSSR count). The van der Waals surface area contributed by atoms with Crippen molar-refractivity contribution in [2.75, 3.05) is 13.2 Å². The molecule has 10 nitrogen and oxygen atoms in total. The van der Waals surface area contributed by atoms with Gasteiger partial charge in [0.05, 0.1) is 17.2 Å². The number of hydrogen-bond acceptors (Lipinski definition) is 8. The van der Waals surface area contributed by atoms with Gasteiger partial charge in [-0.1, -0.05) is 57.2 Å². The van der Waals surface area contributed by atoms with Gasteiger partial charge in [-0.15, -0.1) is 0 Å². The van der Waals surface area contributed by atoms with E-state index in [2.05, 4.69) is 38.8 Å². The van der Waals surface area contributed by atoms with E-state index in [0.29, 0.717) is 11.1 Å². The smallest absolute Gasteiger partial charge is 0.338 e. The van der Waals surface area contributed by atoms with Crippen molar-refractivity contribution in [3.63, 3.8) is 0 Å². The lowest BCUT2D eigenvalue weighted by atomic mass is 9.98. The Bertz CT molecular complexity index is 1420. The van der Waals surface area contributed by atoms with Gasteiger partial charge in [-0.2, -0.15) is 0 Å². The first-order valence-electron chi connectivity index (χ1n) is 13.4. The Morgan fingerprint density at radius 3 is 1.90 bits per heavy atom. The van der Waals surface area contributed by atoms with Crippen LogP contribution in [-0.2, 0) is 18.6 Å². The summed E-state index contributed by atoms with van der Waals surface area (Å²) in [6.07, 6.45) is -0.0825. The van der Waals surface area contributed by atoms with Crippen LogP contribution < -0.4 is 11.2 Å². The molecule has 1 aliphatic rings. The van der Waals surface area contributed by atoms with Crippen LogP contribution in [0.25, 0.3) is 0 Å². The molecule has 2 heterocycles. The third-order valence-corrected chi connectivity index (χ3v) is 12.2. The molecule has 1 fully saturated rings. The Hall–Kier alpha value is -3.80. The molecule has 1 saturated heterocycles. The lowest BCUT2D eigenvalue weighted by Crippen LogP contribution is -2.55. The molecule has 0 bridgehead atoms. The summed E-state index contributed by atoms with van der Waals surface area (Å²) < 4.78 is 26.1. The van der Waals surface area contributed by atoms with Crippen molar-refractivity contribution in [1.29, 1.82) is 0 Å². The summed E-state index contributed by atoms with van der Waals surface area (Å²) in [4.78, 5) is 52.7. The molecule has 218 valence electrons. The molecule has 3 aromatic rings. The van der Waals surface area contributed by atoms with Gasteiger partial charge in [0.1, 0.15) is 19.4 Å². The molecule has 41 heavy (non-hydrogen) atoms. The van der Waals surface area contributed by atoms with Crippen molar-refractivity contribution in [3.05, 3.63) is 105 Å². The first kappa shape index (κ1) is 30.2. The zero-order chi connectivity index (χ0) is 29.8. The van der Waals surface area contributed by atoms with Crippen LogP contribution in [0, 0.1) is 0 Å². The van der Waals surface area contributed by atoms with E-state index in [1.165, 1.54) is 16.8 Å². The number of esters is 2. The summed E-state index contributed by atoms with van der Waals surface area (Å²) in [7, 11) is -2.46. The summed E-state index contributed by atoms with van der Waals surface area (Å²) in [5.41, 5.74) is -1.97. The highest BCUT2D eigenvalue weighted by atomic mass is 28.4. The number of carbonyl (C=O) groups excluding carboxylic acids is 2.